The number of hydrogen-bond acceptors (Lipinski definition) is 10. The Labute approximate surface area is 284 Å². The molecular formula is C33H35N9O6S. The Hall–Kier alpha value is -5.61. The van der Waals surface area contributed by atoms with E-state index >= 15 is 0 Å². The zero-order chi connectivity index (χ0) is 34.3. The molecule has 3 atom stereocenters. The number of aromatic nitrogens is 5. The van der Waals surface area contributed by atoms with Crippen molar-refractivity contribution < 1.29 is 29.0 Å². The van der Waals surface area contributed by atoms with E-state index in [1.807, 2.05) is 46.3 Å². The minimum absolute atomic E-state index is 0.0609. The summed E-state index contributed by atoms with van der Waals surface area (Å²) in [6, 6.07) is 12.9. The van der Waals surface area contributed by atoms with Crippen LogP contribution in [0.3, 0.4) is 0 Å². The fourth-order valence-electron chi connectivity index (χ4n) is 5.33. The molecule has 0 radical (unpaired) electrons. The van der Waals surface area contributed by atoms with E-state index in [4.69, 9.17) is 4.74 Å². The van der Waals surface area contributed by atoms with Crippen molar-refractivity contribution in [3.63, 3.8) is 0 Å². The van der Waals surface area contributed by atoms with Crippen LogP contribution in [0.5, 0.6) is 5.75 Å². The highest BCUT2D eigenvalue weighted by molar-refractivity contribution is 7.15. The third kappa shape index (κ3) is 8.28. The lowest BCUT2D eigenvalue weighted by atomic mass is 10.0. The number of hydrogen-bond donors (Lipinski definition) is 5. The summed E-state index contributed by atoms with van der Waals surface area (Å²) in [6.45, 7) is 1.19. The molecule has 15 nitrogen and oxygen atoms in total. The van der Waals surface area contributed by atoms with E-state index in [9.17, 15) is 24.3 Å². The smallest absolute Gasteiger partial charge is 0.245 e. The number of imidazole rings is 1. The molecule has 3 aromatic heterocycles. The van der Waals surface area contributed by atoms with Crippen LogP contribution < -0.4 is 26.0 Å². The summed E-state index contributed by atoms with van der Waals surface area (Å²) in [5.41, 5.74) is 1.97. The molecule has 0 unspecified atom stereocenters. The predicted octanol–water partition coefficient (Wildman–Crippen LogP) is 0.787. The van der Waals surface area contributed by atoms with Gasteiger partial charge in [0.2, 0.25) is 23.6 Å². The molecule has 7 rings (SSSR count). The standard InChI is InChI=1S/C33H35N9O6S/c1-20-30-39-29(22-5-3-2-4-6-22)40-42(30)18-28(45)34-11-13-48-24-9-7-21(8-10-24)15-25(31(46)38-26(19-43)32(47)35-20)37-27(44)16-23-17-41-12-14-49-33(41)36-23/h2-10,12,14,17,20,25-26,43H,11,13,15-16,18-19H2,1H3,(H,34,45)(H,35,47)(H,37,44)(H,38,46)/t20-,25-,26-/m0/s1. The van der Waals surface area contributed by atoms with Crippen molar-refractivity contribution in [2.24, 2.45) is 0 Å². The normalized spacial score (nSPS) is 19.3. The molecule has 2 bridgehead atoms. The van der Waals surface area contributed by atoms with Crippen LogP contribution in [0.25, 0.3) is 16.3 Å². The molecule has 0 fully saturated rings. The second-order valence-corrected chi connectivity index (χ2v) is 12.3. The first-order valence-corrected chi connectivity index (χ1v) is 16.5. The second-order valence-electron chi connectivity index (χ2n) is 11.5. The fraction of sp³-hybridized carbons (Fsp3) is 0.303. The molecule has 49 heavy (non-hydrogen) atoms. The molecule has 5 heterocycles. The average molecular weight is 686 g/mol. The minimum Gasteiger partial charge on any atom is -0.492 e. The Morgan fingerprint density at radius 3 is 2.61 bits per heavy atom. The van der Waals surface area contributed by atoms with Gasteiger partial charge in [-0.25, -0.2) is 14.6 Å². The molecular weight excluding hydrogens is 650 g/mol. The monoisotopic (exact) mass is 685 g/mol. The Balaban J connectivity index is 1.24. The van der Waals surface area contributed by atoms with Gasteiger partial charge in [0.1, 0.15) is 36.8 Å². The van der Waals surface area contributed by atoms with Crippen molar-refractivity contribution in [2.75, 3.05) is 19.8 Å². The highest BCUT2D eigenvalue weighted by Crippen LogP contribution is 2.20. The number of carbonyl (C=O) groups excluding carboxylic acids is 4. The van der Waals surface area contributed by atoms with Gasteiger partial charge in [0.05, 0.1) is 31.3 Å². The number of aliphatic hydroxyl groups is 1. The molecule has 4 amide bonds. The summed E-state index contributed by atoms with van der Waals surface area (Å²) in [5, 5.41) is 27.5. The maximum absolute atomic E-state index is 13.6. The molecule has 16 heteroatoms. The van der Waals surface area contributed by atoms with Crippen molar-refractivity contribution in [3.05, 3.63) is 89.5 Å². The third-order valence-corrected chi connectivity index (χ3v) is 8.55. The van der Waals surface area contributed by atoms with Crippen molar-refractivity contribution in [1.82, 2.24) is 45.4 Å². The number of nitrogens with zero attached hydrogens (tertiary/aromatic N) is 5. The molecule has 2 aliphatic heterocycles. The second kappa shape index (κ2) is 15.1. The van der Waals surface area contributed by atoms with Crippen LogP contribution in [0.2, 0.25) is 0 Å². The molecule has 0 spiro atoms. The summed E-state index contributed by atoms with van der Waals surface area (Å²) >= 11 is 1.44. The number of rotatable bonds is 5. The van der Waals surface area contributed by atoms with Gasteiger partial charge in [-0.1, -0.05) is 42.5 Å². The summed E-state index contributed by atoms with van der Waals surface area (Å²) in [4.78, 5) is 62.9. The molecule has 2 aliphatic rings. The SMILES string of the molecule is C[C@@H]1NC(=O)[C@H](CO)NC(=O)[C@@H](NC(=O)Cc2cn3ccsc3n2)Cc2ccc(cc2)OCCNC(=O)Cn2nc(-c3ccccc3)nc21. The molecule has 0 saturated carbocycles. The molecule has 0 saturated heterocycles. The van der Waals surface area contributed by atoms with E-state index in [-0.39, 0.29) is 38.4 Å². The van der Waals surface area contributed by atoms with Crippen molar-refractivity contribution in [3.8, 4) is 17.1 Å². The number of thiazole rings is 1. The van der Waals surface area contributed by atoms with E-state index in [0.29, 0.717) is 34.2 Å². The maximum atomic E-state index is 13.6. The number of ether oxygens (including phenoxy) is 1. The van der Waals surface area contributed by atoms with Gasteiger partial charge in [0, 0.05) is 29.8 Å². The molecule has 254 valence electrons. The van der Waals surface area contributed by atoms with Crippen LogP contribution in [0.15, 0.2) is 72.4 Å². The topological polar surface area (TPSA) is 194 Å². The molecule has 2 aromatic carbocycles. The lowest BCUT2D eigenvalue weighted by molar-refractivity contribution is -0.132. The maximum Gasteiger partial charge on any atom is 0.245 e. The lowest BCUT2D eigenvalue weighted by Crippen LogP contribution is -2.56. The molecule has 5 aromatic rings. The lowest BCUT2D eigenvalue weighted by Gasteiger charge is -2.23. The summed E-state index contributed by atoms with van der Waals surface area (Å²) in [6.07, 6.45) is 3.62. The first-order chi connectivity index (χ1) is 23.7. The number of aliphatic hydroxyl groups excluding tert-OH is 1. The number of fused-ring (bicyclic) bond motifs is 15. The largest absolute Gasteiger partial charge is 0.492 e. The predicted molar refractivity (Wildman–Crippen MR) is 178 cm³/mol. The number of nitrogens with one attached hydrogen (secondary N) is 4. The highest BCUT2D eigenvalue weighted by Gasteiger charge is 2.29. The van der Waals surface area contributed by atoms with Gasteiger partial charge in [0.15, 0.2) is 10.8 Å². The Kier molecular flexibility index (Phi) is 10.2. The highest BCUT2D eigenvalue weighted by atomic mass is 32.1. The average Bonchev–Trinajstić information content (AvgIpc) is 3.81. The van der Waals surface area contributed by atoms with Crippen LogP contribution in [0.4, 0.5) is 0 Å². The van der Waals surface area contributed by atoms with Crippen molar-refractivity contribution in [2.45, 2.75) is 44.4 Å². The van der Waals surface area contributed by atoms with E-state index in [1.165, 1.54) is 16.0 Å². The van der Waals surface area contributed by atoms with Gasteiger partial charge in [-0.05, 0) is 24.6 Å². The molecule has 0 aliphatic carbocycles. The van der Waals surface area contributed by atoms with Crippen molar-refractivity contribution in [1.29, 1.82) is 0 Å². The zero-order valence-electron chi connectivity index (χ0n) is 26.5. The van der Waals surface area contributed by atoms with Crippen LogP contribution in [0, 0.1) is 0 Å². The first-order valence-electron chi connectivity index (χ1n) is 15.7. The quantitative estimate of drug-likeness (QED) is 0.178. The van der Waals surface area contributed by atoms with E-state index in [2.05, 4.69) is 36.3 Å². The zero-order valence-corrected chi connectivity index (χ0v) is 27.4. The Morgan fingerprint density at radius 1 is 1.06 bits per heavy atom. The summed E-state index contributed by atoms with van der Waals surface area (Å²) < 4.78 is 9.01. The van der Waals surface area contributed by atoms with Crippen LogP contribution >= 0.6 is 11.3 Å². The van der Waals surface area contributed by atoms with Gasteiger partial charge in [-0.15, -0.1) is 11.3 Å². The summed E-state index contributed by atoms with van der Waals surface area (Å²) in [5.74, 6) is -0.928. The first kappa shape index (κ1) is 33.3. The van der Waals surface area contributed by atoms with Gasteiger partial charge in [-0.3, -0.25) is 23.6 Å². The van der Waals surface area contributed by atoms with Crippen LogP contribution in [0.1, 0.15) is 30.0 Å². The van der Waals surface area contributed by atoms with Crippen molar-refractivity contribution >= 4 is 39.9 Å². The fourth-order valence-corrected chi connectivity index (χ4v) is 6.05. The number of amides is 4. The van der Waals surface area contributed by atoms with Crippen LogP contribution in [-0.4, -0.2) is 84.7 Å². The number of carbonyl (C=O) groups is 4. The third-order valence-electron chi connectivity index (χ3n) is 7.78. The van der Waals surface area contributed by atoms with Crippen LogP contribution in [-0.2, 0) is 38.6 Å². The van der Waals surface area contributed by atoms with E-state index in [1.54, 1.807) is 37.4 Å². The van der Waals surface area contributed by atoms with Gasteiger partial charge < -0.3 is 31.1 Å². The Bertz CT molecular complexity index is 1910. The van der Waals surface area contributed by atoms with Gasteiger partial charge >= 0.3 is 0 Å². The number of benzene rings is 2. The molecule has 5 N–H and O–H groups in total. The van der Waals surface area contributed by atoms with E-state index < -0.39 is 42.5 Å². The van der Waals surface area contributed by atoms with Gasteiger partial charge in [0.25, 0.3) is 0 Å². The van der Waals surface area contributed by atoms with E-state index in [0.717, 1.165) is 4.96 Å². The minimum atomic E-state index is -1.36. The Morgan fingerprint density at radius 2 is 1.86 bits per heavy atom. The van der Waals surface area contributed by atoms with Gasteiger partial charge in [-0.2, -0.15) is 5.10 Å². The summed E-state index contributed by atoms with van der Waals surface area (Å²) in [7, 11) is 0.